The maximum Gasteiger partial charge on any atom is 0.271 e. The van der Waals surface area contributed by atoms with Crippen molar-refractivity contribution in [2.75, 3.05) is 18.0 Å². The van der Waals surface area contributed by atoms with E-state index in [0.717, 1.165) is 23.4 Å². The zero-order valence-corrected chi connectivity index (χ0v) is 13.6. The fraction of sp³-hybridized carbons (Fsp3) is 0.278. The van der Waals surface area contributed by atoms with Crippen LogP contribution in [0.1, 0.15) is 19.3 Å². The van der Waals surface area contributed by atoms with Gasteiger partial charge < -0.3 is 10.1 Å². The Hall–Kier alpha value is -3.09. The molecular formula is C18H18N4O3. The van der Waals surface area contributed by atoms with Crippen LogP contribution in [0.15, 0.2) is 42.5 Å². The molecule has 1 aromatic heterocycles. The number of hydrogen-bond acceptors (Lipinski definition) is 5. The Morgan fingerprint density at radius 2 is 1.76 bits per heavy atom. The largest absolute Gasteiger partial charge is 0.426 e. The van der Waals surface area contributed by atoms with E-state index < -0.39 is 4.92 Å². The molecule has 0 atom stereocenters. The van der Waals surface area contributed by atoms with Crippen molar-refractivity contribution in [1.29, 1.82) is 0 Å². The van der Waals surface area contributed by atoms with Gasteiger partial charge in [0.1, 0.15) is 5.52 Å². The fourth-order valence-electron chi connectivity index (χ4n) is 3.33. The van der Waals surface area contributed by atoms with Crippen LogP contribution in [0.2, 0.25) is 0 Å². The average molecular weight is 338 g/mol. The summed E-state index contributed by atoms with van der Waals surface area (Å²) in [5.74, 6) is 0.376. The van der Waals surface area contributed by atoms with Gasteiger partial charge >= 0.3 is 0 Å². The minimum atomic E-state index is -0.487. The number of nitro benzene ring substituents is 1. The van der Waals surface area contributed by atoms with Gasteiger partial charge in [-0.3, -0.25) is 10.1 Å². The third-order valence-electron chi connectivity index (χ3n) is 4.67. The highest BCUT2D eigenvalue weighted by molar-refractivity contribution is 5.82. The van der Waals surface area contributed by atoms with Crippen molar-refractivity contribution in [3.63, 3.8) is 0 Å². The van der Waals surface area contributed by atoms with Gasteiger partial charge in [0.15, 0.2) is 5.82 Å². The molecule has 1 aliphatic heterocycles. The molecule has 1 N–H and O–H groups in total. The molecule has 0 amide bonds. The number of rotatable bonds is 3. The zero-order valence-electron chi connectivity index (χ0n) is 13.6. The molecule has 0 aliphatic carbocycles. The minimum absolute atomic E-state index is 0.0744. The smallest absolute Gasteiger partial charge is 0.271 e. The van der Waals surface area contributed by atoms with Gasteiger partial charge in [-0.05, 0) is 49.6 Å². The van der Waals surface area contributed by atoms with E-state index in [4.69, 9.17) is 0 Å². The lowest BCUT2D eigenvalue weighted by atomic mass is 10.1. The van der Waals surface area contributed by atoms with Crippen LogP contribution >= 0.6 is 0 Å². The standard InChI is InChI=1S/C18H18N4O3/c23-21-17-12-15(22(24)25)8-9-16(17)19-18(21)13-4-6-14(7-5-13)20-10-2-1-3-11-20/h4-9,12,23H,1-3,10-11H2. The van der Waals surface area contributed by atoms with Crippen LogP contribution in [-0.2, 0) is 0 Å². The summed E-state index contributed by atoms with van der Waals surface area (Å²) in [7, 11) is 0. The molecule has 0 unspecified atom stereocenters. The summed E-state index contributed by atoms with van der Waals surface area (Å²) in [5.41, 5.74) is 2.70. The molecule has 1 fully saturated rings. The third kappa shape index (κ3) is 2.77. The maximum absolute atomic E-state index is 10.9. The Balaban J connectivity index is 1.69. The van der Waals surface area contributed by atoms with Gasteiger partial charge in [0.25, 0.3) is 5.69 Å². The van der Waals surface area contributed by atoms with Crippen LogP contribution in [0.3, 0.4) is 0 Å². The van der Waals surface area contributed by atoms with Crippen molar-refractivity contribution in [3.05, 3.63) is 52.6 Å². The molecule has 0 saturated carbocycles. The van der Waals surface area contributed by atoms with Gasteiger partial charge in [-0.15, -0.1) is 0 Å². The second kappa shape index (κ2) is 6.08. The summed E-state index contributed by atoms with van der Waals surface area (Å²) in [6.45, 7) is 2.14. The number of imidazole rings is 1. The lowest BCUT2D eigenvalue weighted by Gasteiger charge is -2.28. The second-order valence-corrected chi connectivity index (χ2v) is 6.27. The van der Waals surface area contributed by atoms with E-state index in [9.17, 15) is 15.3 Å². The van der Waals surface area contributed by atoms with Gasteiger partial charge in [-0.1, -0.05) is 0 Å². The van der Waals surface area contributed by atoms with Crippen molar-refractivity contribution in [1.82, 2.24) is 9.71 Å². The van der Waals surface area contributed by atoms with Gasteiger partial charge in [0.05, 0.1) is 10.4 Å². The number of benzene rings is 2. The topological polar surface area (TPSA) is 84.4 Å². The molecule has 7 nitrogen and oxygen atoms in total. The molecular weight excluding hydrogens is 320 g/mol. The van der Waals surface area contributed by atoms with Crippen LogP contribution in [0.25, 0.3) is 22.4 Å². The Kier molecular flexibility index (Phi) is 3.76. The van der Waals surface area contributed by atoms with Crippen molar-refractivity contribution in [3.8, 4) is 11.4 Å². The Labute approximate surface area is 144 Å². The van der Waals surface area contributed by atoms with Gasteiger partial charge in [0.2, 0.25) is 0 Å². The molecule has 0 spiro atoms. The molecule has 1 saturated heterocycles. The summed E-state index contributed by atoms with van der Waals surface area (Å²) >= 11 is 0. The van der Waals surface area contributed by atoms with E-state index in [1.165, 1.54) is 37.1 Å². The SMILES string of the molecule is O=[N+]([O-])c1ccc2nc(-c3ccc(N4CCCCC4)cc3)n(O)c2c1. The molecule has 3 aromatic rings. The van der Waals surface area contributed by atoms with E-state index in [-0.39, 0.29) is 5.69 Å². The van der Waals surface area contributed by atoms with E-state index in [1.807, 2.05) is 24.3 Å². The molecule has 7 heteroatoms. The molecule has 0 radical (unpaired) electrons. The first kappa shape index (κ1) is 15.4. The number of non-ortho nitro benzene ring substituents is 1. The number of nitro groups is 1. The van der Waals surface area contributed by atoms with Gasteiger partial charge in [-0.2, -0.15) is 4.73 Å². The van der Waals surface area contributed by atoms with Crippen LogP contribution in [-0.4, -0.2) is 32.9 Å². The summed E-state index contributed by atoms with van der Waals surface area (Å²) < 4.78 is 0.915. The number of piperidine rings is 1. The molecule has 0 bridgehead atoms. The number of hydrogen-bond donors (Lipinski definition) is 1. The first-order chi connectivity index (χ1) is 12.1. The predicted octanol–water partition coefficient (Wildman–Crippen LogP) is 3.84. The zero-order chi connectivity index (χ0) is 17.4. The first-order valence-electron chi connectivity index (χ1n) is 8.35. The average Bonchev–Trinajstić information content (AvgIpc) is 2.99. The summed E-state index contributed by atoms with van der Waals surface area (Å²) in [4.78, 5) is 17.2. The molecule has 25 heavy (non-hydrogen) atoms. The fourth-order valence-corrected chi connectivity index (χ4v) is 3.33. The number of aromatic nitrogens is 2. The molecule has 4 rings (SSSR count). The van der Waals surface area contributed by atoms with E-state index >= 15 is 0 Å². The monoisotopic (exact) mass is 338 g/mol. The van der Waals surface area contributed by atoms with Crippen LogP contribution in [0.5, 0.6) is 0 Å². The Morgan fingerprint density at radius 3 is 2.44 bits per heavy atom. The second-order valence-electron chi connectivity index (χ2n) is 6.27. The highest BCUT2D eigenvalue weighted by Crippen LogP contribution is 2.28. The van der Waals surface area contributed by atoms with Crippen molar-refractivity contribution in [2.24, 2.45) is 0 Å². The molecule has 2 aromatic carbocycles. The quantitative estimate of drug-likeness (QED) is 0.445. The highest BCUT2D eigenvalue weighted by atomic mass is 16.6. The lowest BCUT2D eigenvalue weighted by Crippen LogP contribution is -2.29. The third-order valence-corrected chi connectivity index (χ3v) is 4.67. The Bertz CT molecular complexity index is 927. The van der Waals surface area contributed by atoms with Crippen molar-refractivity contribution >= 4 is 22.4 Å². The number of anilines is 1. The normalized spacial score (nSPS) is 14.8. The van der Waals surface area contributed by atoms with Crippen LogP contribution < -0.4 is 4.90 Å². The predicted molar refractivity (Wildman–Crippen MR) is 95.1 cm³/mol. The number of fused-ring (bicyclic) bond motifs is 1. The molecule has 2 heterocycles. The van der Waals surface area contributed by atoms with E-state index in [1.54, 1.807) is 6.07 Å². The minimum Gasteiger partial charge on any atom is -0.426 e. The van der Waals surface area contributed by atoms with Crippen molar-refractivity contribution in [2.45, 2.75) is 19.3 Å². The summed E-state index contributed by atoms with van der Waals surface area (Å²) in [5, 5.41) is 21.3. The van der Waals surface area contributed by atoms with E-state index in [2.05, 4.69) is 9.88 Å². The highest BCUT2D eigenvalue weighted by Gasteiger charge is 2.16. The summed E-state index contributed by atoms with van der Waals surface area (Å²) in [6, 6.07) is 12.2. The summed E-state index contributed by atoms with van der Waals surface area (Å²) in [6.07, 6.45) is 3.72. The lowest BCUT2D eigenvalue weighted by molar-refractivity contribution is -0.384. The van der Waals surface area contributed by atoms with Gasteiger partial charge in [0, 0.05) is 36.5 Å². The van der Waals surface area contributed by atoms with Crippen LogP contribution in [0.4, 0.5) is 11.4 Å². The van der Waals surface area contributed by atoms with Crippen LogP contribution in [0, 0.1) is 10.1 Å². The van der Waals surface area contributed by atoms with E-state index in [0.29, 0.717) is 16.9 Å². The van der Waals surface area contributed by atoms with Gasteiger partial charge in [-0.25, -0.2) is 4.98 Å². The molecule has 128 valence electrons. The van der Waals surface area contributed by atoms with Crippen molar-refractivity contribution < 1.29 is 10.1 Å². The first-order valence-corrected chi connectivity index (χ1v) is 8.35. The Morgan fingerprint density at radius 1 is 1.04 bits per heavy atom. The number of nitrogens with zero attached hydrogens (tertiary/aromatic N) is 4. The maximum atomic E-state index is 10.9. The molecule has 1 aliphatic rings.